The summed E-state index contributed by atoms with van der Waals surface area (Å²) in [6.45, 7) is 6.58. The third kappa shape index (κ3) is 5.83. The second-order valence-corrected chi connectivity index (χ2v) is 12.0. The lowest BCUT2D eigenvalue weighted by Crippen LogP contribution is -2.43. The fourth-order valence-electron chi connectivity index (χ4n) is 6.09. The van der Waals surface area contributed by atoms with Crippen LogP contribution < -0.4 is 5.56 Å². The van der Waals surface area contributed by atoms with Crippen LogP contribution in [0.5, 0.6) is 0 Å². The monoisotopic (exact) mass is 613 g/mol. The van der Waals surface area contributed by atoms with E-state index in [-0.39, 0.29) is 48.8 Å². The van der Waals surface area contributed by atoms with Crippen LogP contribution in [0.1, 0.15) is 74.3 Å². The first-order chi connectivity index (χ1) is 22.2. The van der Waals surface area contributed by atoms with Crippen LogP contribution in [0, 0.1) is 12.8 Å². The lowest BCUT2D eigenvalue weighted by molar-refractivity contribution is 0.0573. The normalized spacial score (nSPS) is 13.3. The van der Waals surface area contributed by atoms with Crippen molar-refractivity contribution in [3.05, 3.63) is 141 Å². The van der Waals surface area contributed by atoms with Gasteiger partial charge in [-0.2, -0.15) is 0 Å². The molecule has 1 atom stereocenters. The zero-order valence-corrected chi connectivity index (χ0v) is 26.1. The van der Waals surface area contributed by atoms with Crippen molar-refractivity contribution in [1.82, 2.24) is 24.3 Å². The average molecular weight is 614 g/mol. The lowest BCUT2D eigenvalue weighted by Gasteiger charge is -2.36. The molecule has 9 heteroatoms. The first-order valence-corrected chi connectivity index (χ1v) is 15.5. The van der Waals surface area contributed by atoms with Crippen molar-refractivity contribution in [3.63, 3.8) is 0 Å². The van der Waals surface area contributed by atoms with Gasteiger partial charge in [0.2, 0.25) is 0 Å². The number of pyridine rings is 1. The molecule has 3 amide bonds. The Hall–Kier alpha value is -5.44. The van der Waals surface area contributed by atoms with E-state index in [1.54, 1.807) is 58.1 Å². The zero-order valence-electron chi connectivity index (χ0n) is 26.1. The third-order valence-electron chi connectivity index (χ3n) is 8.42. The Balaban J connectivity index is 1.41. The highest BCUT2D eigenvalue weighted by Gasteiger charge is 2.36. The molecule has 46 heavy (non-hydrogen) atoms. The van der Waals surface area contributed by atoms with Crippen molar-refractivity contribution in [2.75, 3.05) is 13.1 Å². The zero-order chi connectivity index (χ0) is 32.4. The maximum absolute atomic E-state index is 14.4. The second-order valence-electron chi connectivity index (χ2n) is 12.0. The van der Waals surface area contributed by atoms with Crippen molar-refractivity contribution in [3.8, 4) is 0 Å². The van der Waals surface area contributed by atoms with Crippen LogP contribution in [0.25, 0.3) is 10.9 Å². The smallest absolute Gasteiger partial charge is 0.263 e. The van der Waals surface area contributed by atoms with Crippen molar-refractivity contribution in [1.29, 1.82) is 0 Å². The number of hydrogen-bond acceptors (Lipinski definition) is 6. The van der Waals surface area contributed by atoms with E-state index in [2.05, 4.69) is 4.98 Å². The molecule has 3 aromatic carbocycles. The predicted octanol–water partition coefficient (Wildman–Crippen LogP) is 5.67. The molecule has 6 rings (SSSR count). The summed E-state index contributed by atoms with van der Waals surface area (Å²) in [5.41, 5.74) is 3.48. The molecule has 0 N–H and O–H groups in total. The molecular formula is C37H35N5O4. The van der Waals surface area contributed by atoms with Gasteiger partial charge in [0.15, 0.2) is 0 Å². The van der Waals surface area contributed by atoms with Crippen LogP contribution in [-0.2, 0) is 6.54 Å². The number of fused-ring (bicyclic) bond motifs is 2. The molecule has 0 saturated heterocycles. The van der Waals surface area contributed by atoms with Gasteiger partial charge in [-0.3, -0.25) is 33.6 Å². The Morgan fingerprint density at radius 2 is 1.50 bits per heavy atom. The van der Waals surface area contributed by atoms with Gasteiger partial charge in [-0.05, 0) is 55.2 Å². The molecule has 1 aliphatic rings. The SMILES string of the molecule is Cc1ccc(C(=O)N(CCCN2C(=O)c3ccccc3C2=O)C(c2nc3ccncc3c(=O)n2Cc2ccccc2)C(C)C)cc1. The minimum absolute atomic E-state index is 0.141. The van der Waals surface area contributed by atoms with Gasteiger partial charge >= 0.3 is 0 Å². The predicted molar refractivity (Wildman–Crippen MR) is 176 cm³/mol. The highest BCUT2D eigenvalue weighted by Crippen LogP contribution is 2.31. The Morgan fingerprint density at radius 1 is 0.848 bits per heavy atom. The number of carbonyl (C=O) groups excluding carboxylic acids is 3. The molecule has 1 unspecified atom stereocenters. The molecular weight excluding hydrogens is 578 g/mol. The van der Waals surface area contributed by atoms with Gasteiger partial charge in [-0.15, -0.1) is 0 Å². The fourth-order valence-corrected chi connectivity index (χ4v) is 6.09. The maximum Gasteiger partial charge on any atom is 0.263 e. The Bertz CT molecular complexity index is 1950. The molecule has 2 aromatic heterocycles. The summed E-state index contributed by atoms with van der Waals surface area (Å²) in [6, 6.07) is 24.9. The maximum atomic E-state index is 14.4. The van der Waals surface area contributed by atoms with Crippen molar-refractivity contribution in [2.45, 2.75) is 39.8 Å². The number of hydrogen-bond donors (Lipinski definition) is 0. The second kappa shape index (κ2) is 12.9. The highest BCUT2D eigenvalue weighted by molar-refractivity contribution is 6.21. The summed E-state index contributed by atoms with van der Waals surface area (Å²) in [4.78, 5) is 66.8. The van der Waals surface area contributed by atoms with Gasteiger partial charge in [-0.25, -0.2) is 4.98 Å². The van der Waals surface area contributed by atoms with E-state index >= 15 is 0 Å². The van der Waals surface area contributed by atoms with Gasteiger partial charge in [-0.1, -0.05) is 74.0 Å². The van der Waals surface area contributed by atoms with Gasteiger partial charge in [0.25, 0.3) is 23.3 Å². The van der Waals surface area contributed by atoms with Crippen LogP contribution in [0.3, 0.4) is 0 Å². The van der Waals surface area contributed by atoms with E-state index in [1.807, 2.05) is 63.2 Å². The summed E-state index contributed by atoms with van der Waals surface area (Å²) >= 11 is 0. The van der Waals surface area contributed by atoms with Crippen LogP contribution in [0.4, 0.5) is 0 Å². The van der Waals surface area contributed by atoms with Crippen LogP contribution in [-0.4, -0.2) is 55.1 Å². The molecule has 3 heterocycles. The number of rotatable bonds is 10. The van der Waals surface area contributed by atoms with E-state index in [0.717, 1.165) is 11.1 Å². The third-order valence-corrected chi connectivity index (χ3v) is 8.42. The van der Waals surface area contributed by atoms with E-state index in [0.29, 0.717) is 39.8 Å². The summed E-state index contributed by atoms with van der Waals surface area (Å²) in [5.74, 6) is -0.583. The van der Waals surface area contributed by atoms with Gasteiger partial charge in [0, 0.05) is 31.0 Å². The topological polar surface area (TPSA) is 105 Å². The number of nitrogens with zero attached hydrogens (tertiary/aromatic N) is 5. The number of amides is 3. The number of carbonyl (C=O) groups is 3. The fraction of sp³-hybridized carbons (Fsp3) is 0.243. The minimum Gasteiger partial charge on any atom is -0.328 e. The average Bonchev–Trinajstić information content (AvgIpc) is 3.31. The molecule has 5 aromatic rings. The summed E-state index contributed by atoms with van der Waals surface area (Å²) in [5, 5.41) is 0.395. The van der Waals surface area contributed by atoms with Crippen LogP contribution in [0.15, 0.2) is 102 Å². The molecule has 0 aliphatic carbocycles. The number of aromatic nitrogens is 3. The first-order valence-electron chi connectivity index (χ1n) is 15.5. The number of aryl methyl sites for hydroxylation is 1. The quantitative estimate of drug-likeness (QED) is 0.188. The van der Waals surface area contributed by atoms with E-state index in [4.69, 9.17) is 4.98 Å². The van der Waals surface area contributed by atoms with E-state index < -0.39 is 6.04 Å². The molecule has 0 bridgehead atoms. The Morgan fingerprint density at radius 3 is 2.15 bits per heavy atom. The largest absolute Gasteiger partial charge is 0.328 e. The molecule has 9 nitrogen and oxygen atoms in total. The first kappa shape index (κ1) is 30.6. The van der Waals surface area contributed by atoms with E-state index in [9.17, 15) is 19.2 Å². The van der Waals surface area contributed by atoms with Crippen molar-refractivity contribution in [2.24, 2.45) is 5.92 Å². The van der Waals surface area contributed by atoms with Crippen molar-refractivity contribution >= 4 is 28.6 Å². The minimum atomic E-state index is -0.607. The Labute approximate surface area is 267 Å². The van der Waals surface area contributed by atoms with Gasteiger partial charge < -0.3 is 4.90 Å². The molecule has 0 saturated carbocycles. The standard InChI is InChI=1S/C37H35N5O4/c1-24(2)32(33-39-31-18-19-38-22-30(31)37(46)42(33)23-26-10-5-4-6-11-26)40(34(43)27-16-14-25(3)15-17-27)20-9-21-41-35(44)28-12-7-8-13-29(28)36(41)45/h4-8,10-19,22,24,32H,9,20-21,23H2,1-3H3. The Kier molecular flexibility index (Phi) is 8.57. The summed E-state index contributed by atoms with van der Waals surface area (Å²) in [7, 11) is 0. The summed E-state index contributed by atoms with van der Waals surface area (Å²) in [6.07, 6.45) is 3.46. The van der Waals surface area contributed by atoms with Gasteiger partial charge in [0.05, 0.1) is 34.6 Å². The molecule has 1 aliphatic heterocycles. The van der Waals surface area contributed by atoms with Crippen molar-refractivity contribution < 1.29 is 14.4 Å². The lowest BCUT2D eigenvalue weighted by atomic mass is 9.98. The number of benzene rings is 3. The highest BCUT2D eigenvalue weighted by atomic mass is 16.2. The van der Waals surface area contributed by atoms with Gasteiger partial charge in [0.1, 0.15) is 5.82 Å². The molecule has 0 fully saturated rings. The molecule has 232 valence electrons. The molecule has 0 radical (unpaired) electrons. The van der Waals surface area contributed by atoms with Crippen LogP contribution in [0.2, 0.25) is 0 Å². The van der Waals surface area contributed by atoms with E-state index in [1.165, 1.54) is 11.1 Å². The summed E-state index contributed by atoms with van der Waals surface area (Å²) < 4.78 is 1.64. The number of imide groups is 1. The molecule has 0 spiro atoms. The van der Waals surface area contributed by atoms with Crippen LogP contribution >= 0.6 is 0 Å².